The number of nitrogens with one attached hydrogen (secondary N) is 1. The summed E-state index contributed by atoms with van der Waals surface area (Å²) in [7, 11) is 0. The number of hydrogen-bond donors (Lipinski definition) is 1. The summed E-state index contributed by atoms with van der Waals surface area (Å²) in [5, 5.41) is 3.19. The van der Waals surface area contributed by atoms with E-state index in [1.165, 1.54) is 6.07 Å². The van der Waals surface area contributed by atoms with Crippen LogP contribution in [-0.2, 0) is 0 Å². The second-order valence-corrected chi connectivity index (χ2v) is 4.21. The lowest BCUT2D eigenvalue weighted by molar-refractivity contribution is 0.370. The summed E-state index contributed by atoms with van der Waals surface area (Å²) in [4.78, 5) is 0. The minimum absolute atomic E-state index is 0. The van der Waals surface area contributed by atoms with Crippen LogP contribution in [0.3, 0.4) is 0 Å². The average Bonchev–Trinajstić information content (AvgIpc) is 1.93. The Morgan fingerprint density at radius 3 is 2.69 bits per heavy atom. The molecular weight excluding hydrogens is 303 g/mol. The number of halogens is 3. The van der Waals surface area contributed by atoms with E-state index in [1.807, 2.05) is 6.07 Å². The molecule has 1 heterocycles. The van der Waals surface area contributed by atoms with Crippen molar-refractivity contribution in [1.29, 1.82) is 0 Å². The van der Waals surface area contributed by atoms with Crippen molar-refractivity contribution in [2.24, 2.45) is 0 Å². The van der Waals surface area contributed by atoms with E-state index < -0.39 is 0 Å². The third-order valence-corrected chi connectivity index (χ3v) is 2.83. The summed E-state index contributed by atoms with van der Waals surface area (Å²) in [6.07, 6.45) is 1.05. The van der Waals surface area contributed by atoms with Crippen LogP contribution in [-0.4, -0.2) is 6.54 Å². The molecule has 1 fully saturated rings. The molecule has 1 aromatic rings. The minimum Gasteiger partial charge on any atom is -0.310 e. The predicted octanol–water partition coefficient (Wildman–Crippen LogP) is 2.89. The number of benzene rings is 1. The molecule has 0 amide bonds. The second-order valence-electron chi connectivity index (χ2n) is 2.96. The molecule has 0 unspecified atom stereocenters. The van der Waals surface area contributed by atoms with Gasteiger partial charge in [-0.15, -0.1) is 12.4 Å². The van der Waals surface area contributed by atoms with Gasteiger partial charge in [-0.1, -0.05) is 0 Å². The van der Waals surface area contributed by atoms with Gasteiger partial charge in [-0.25, -0.2) is 4.39 Å². The molecule has 0 aliphatic carbocycles. The van der Waals surface area contributed by atoms with Crippen molar-refractivity contribution in [2.45, 2.75) is 12.5 Å². The molecule has 1 saturated heterocycles. The fourth-order valence-electron chi connectivity index (χ4n) is 1.34. The highest BCUT2D eigenvalue weighted by Crippen LogP contribution is 2.26. The Morgan fingerprint density at radius 1 is 1.46 bits per heavy atom. The molecule has 0 bridgehead atoms. The molecule has 1 N–H and O–H groups in total. The third-order valence-electron chi connectivity index (χ3n) is 2.16. The van der Waals surface area contributed by atoms with Gasteiger partial charge in [0.15, 0.2) is 0 Å². The van der Waals surface area contributed by atoms with E-state index >= 15 is 0 Å². The molecule has 1 aromatic carbocycles. The van der Waals surface area contributed by atoms with Gasteiger partial charge in [0.1, 0.15) is 5.82 Å². The van der Waals surface area contributed by atoms with Gasteiger partial charge in [0, 0.05) is 15.2 Å². The lowest BCUT2D eigenvalue weighted by Gasteiger charge is -2.28. The van der Waals surface area contributed by atoms with Crippen molar-refractivity contribution >= 4 is 35.0 Å². The molecule has 0 aromatic heterocycles. The summed E-state index contributed by atoms with van der Waals surface area (Å²) in [6, 6.07) is 5.49. The SMILES string of the molecule is Cl.Fc1ccc(I)cc1[C@H]1CCN1. The molecule has 1 aliphatic rings. The van der Waals surface area contributed by atoms with Crippen molar-refractivity contribution in [2.75, 3.05) is 6.54 Å². The molecule has 0 spiro atoms. The van der Waals surface area contributed by atoms with Crippen LogP contribution in [0.25, 0.3) is 0 Å². The van der Waals surface area contributed by atoms with Crippen molar-refractivity contribution < 1.29 is 4.39 Å². The standard InChI is InChI=1S/C9H9FIN.ClH/c10-8-2-1-6(11)5-7(8)9-3-4-12-9;/h1-2,5,9,12H,3-4H2;1H/t9-;/m1./s1. The second kappa shape index (κ2) is 4.57. The van der Waals surface area contributed by atoms with Gasteiger partial charge in [0.2, 0.25) is 0 Å². The highest BCUT2D eigenvalue weighted by Gasteiger charge is 2.21. The first kappa shape index (κ1) is 11.2. The van der Waals surface area contributed by atoms with Crippen LogP contribution in [0.15, 0.2) is 18.2 Å². The highest BCUT2D eigenvalue weighted by molar-refractivity contribution is 14.1. The Bertz CT molecular complexity index is 302. The summed E-state index contributed by atoms with van der Waals surface area (Å²) in [6.45, 7) is 1.01. The highest BCUT2D eigenvalue weighted by atomic mass is 127. The van der Waals surface area contributed by atoms with Crippen LogP contribution in [0.5, 0.6) is 0 Å². The fourth-order valence-corrected chi connectivity index (χ4v) is 1.85. The predicted molar refractivity (Wildman–Crippen MR) is 61.7 cm³/mol. The maximum Gasteiger partial charge on any atom is 0.128 e. The van der Waals surface area contributed by atoms with Crippen molar-refractivity contribution in [1.82, 2.24) is 5.32 Å². The van der Waals surface area contributed by atoms with E-state index in [0.717, 1.165) is 22.1 Å². The number of hydrogen-bond acceptors (Lipinski definition) is 1. The van der Waals surface area contributed by atoms with Crippen LogP contribution >= 0.6 is 35.0 Å². The molecule has 0 saturated carbocycles. The molecule has 1 nitrogen and oxygen atoms in total. The third kappa shape index (κ3) is 2.33. The van der Waals surface area contributed by atoms with Gasteiger partial charge in [-0.2, -0.15) is 0 Å². The van der Waals surface area contributed by atoms with Gasteiger partial charge < -0.3 is 5.32 Å². The van der Waals surface area contributed by atoms with Gasteiger partial charge in [-0.05, 0) is 53.8 Å². The van der Waals surface area contributed by atoms with E-state index in [0.29, 0.717) is 0 Å². The molecule has 1 atom stereocenters. The van der Waals surface area contributed by atoms with Gasteiger partial charge in [0.25, 0.3) is 0 Å². The Hall–Kier alpha value is 0.130. The number of rotatable bonds is 1. The lowest BCUT2D eigenvalue weighted by atomic mass is 9.98. The maximum atomic E-state index is 13.2. The quantitative estimate of drug-likeness (QED) is 0.786. The molecule has 2 rings (SSSR count). The zero-order chi connectivity index (χ0) is 8.55. The Morgan fingerprint density at radius 2 is 2.15 bits per heavy atom. The van der Waals surface area contributed by atoms with E-state index in [9.17, 15) is 4.39 Å². The molecular formula is C9H10ClFIN. The first-order valence-electron chi connectivity index (χ1n) is 3.96. The smallest absolute Gasteiger partial charge is 0.128 e. The molecule has 1 aliphatic heterocycles. The Labute approximate surface area is 96.7 Å². The van der Waals surface area contributed by atoms with E-state index in [-0.39, 0.29) is 24.3 Å². The molecule has 4 heteroatoms. The largest absolute Gasteiger partial charge is 0.310 e. The van der Waals surface area contributed by atoms with Gasteiger partial charge >= 0.3 is 0 Å². The first-order valence-corrected chi connectivity index (χ1v) is 5.03. The Balaban J connectivity index is 0.000000845. The summed E-state index contributed by atoms with van der Waals surface area (Å²) in [5.41, 5.74) is 0.813. The van der Waals surface area contributed by atoms with Crippen molar-refractivity contribution in [3.63, 3.8) is 0 Å². The maximum absolute atomic E-state index is 13.2. The Kier molecular flexibility index (Phi) is 3.94. The van der Waals surface area contributed by atoms with Crippen LogP contribution < -0.4 is 5.32 Å². The lowest BCUT2D eigenvalue weighted by Crippen LogP contribution is -2.35. The molecule has 0 radical (unpaired) electrons. The summed E-state index contributed by atoms with van der Waals surface area (Å²) >= 11 is 2.20. The molecule has 13 heavy (non-hydrogen) atoms. The van der Waals surface area contributed by atoms with Gasteiger partial charge in [-0.3, -0.25) is 0 Å². The van der Waals surface area contributed by atoms with Gasteiger partial charge in [0.05, 0.1) is 0 Å². The van der Waals surface area contributed by atoms with E-state index in [4.69, 9.17) is 0 Å². The summed E-state index contributed by atoms with van der Waals surface area (Å²) < 4.78 is 14.3. The average molecular weight is 314 g/mol. The van der Waals surface area contributed by atoms with Crippen molar-refractivity contribution in [3.05, 3.63) is 33.1 Å². The van der Waals surface area contributed by atoms with E-state index in [1.54, 1.807) is 6.07 Å². The van der Waals surface area contributed by atoms with Crippen LogP contribution in [0.1, 0.15) is 18.0 Å². The fraction of sp³-hybridized carbons (Fsp3) is 0.333. The van der Waals surface area contributed by atoms with Crippen molar-refractivity contribution in [3.8, 4) is 0 Å². The normalized spacial score (nSPS) is 20.3. The van der Waals surface area contributed by atoms with Crippen LogP contribution in [0, 0.1) is 9.39 Å². The minimum atomic E-state index is -0.0902. The van der Waals surface area contributed by atoms with E-state index in [2.05, 4.69) is 27.9 Å². The van der Waals surface area contributed by atoms with Crippen LogP contribution in [0.4, 0.5) is 4.39 Å². The monoisotopic (exact) mass is 313 g/mol. The first-order chi connectivity index (χ1) is 5.77. The zero-order valence-corrected chi connectivity index (χ0v) is 9.86. The topological polar surface area (TPSA) is 12.0 Å². The zero-order valence-electron chi connectivity index (χ0n) is 6.89. The summed E-state index contributed by atoms with van der Waals surface area (Å²) in [5.74, 6) is -0.0902. The van der Waals surface area contributed by atoms with Crippen LogP contribution in [0.2, 0.25) is 0 Å². The molecule has 72 valence electrons.